The van der Waals surface area contributed by atoms with Crippen molar-refractivity contribution in [3.05, 3.63) is 0 Å². The molecule has 0 saturated carbocycles. The van der Waals surface area contributed by atoms with Crippen LogP contribution in [0.15, 0.2) is 0 Å². The van der Waals surface area contributed by atoms with E-state index >= 15 is 0 Å². The summed E-state index contributed by atoms with van der Waals surface area (Å²) in [6.45, 7) is 12.6. The Bertz CT molecular complexity index is 157. The standard InChI is InChI=1S/C16H35N/c1-6-8-9-10-11-12-13-15(7-2)14-17-16(3,4)5/h15,17H,6-14H2,1-5H3. The molecule has 0 spiro atoms. The molecule has 0 aliphatic heterocycles. The fraction of sp³-hybridized carbons (Fsp3) is 1.00. The second kappa shape index (κ2) is 9.94. The average molecular weight is 241 g/mol. The highest BCUT2D eigenvalue weighted by molar-refractivity contribution is 4.72. The van der Waals surface area contributed by atoms with Crippen molar-refractivity contribution in [2.24, 2.45) is 5.92 Å². The summed E-state index contributed by atoms with van der Waals surface area (Å²) in [4.78, 5) is 0. The lowest BCUT2D eigenvalue weighted by atomic mass is 9.96. The molecule has 17 heavy (non-hydrogen) atoms. The van der Waals surface area contributed by atoms with Gasteiger partial charge >= 0.3 is 0 Å². The van der Waals surface area contributed by atoms with Gasteiger partial charge in [-0.05, 0) is 39.7 Å². The molecule has 1 N–H and O–H groups in total. The fourth-order valence-electron chi connectivity index (χ4n) is 2.11. The molecule has 104 valence electrons. The summed E-state index contributed by atoms with van der Waals surface area (Å²) in [6, 6.07) is 0. The van der Waals surface area contributed by atoms with Crippen LogP contribution in [0.3, 0.4) is 0 Å². The van der Waals surface area contributed by atoms with E-state index in [1.165, 1.54) is 57.9 Å². The van der Waals surface area contributed by atoms with Crippen molar-refractivity contribution in [2.45, 2.75) is 91.5 Å². The maximum Gasteiger partial charge on any atom is 0.00966 e. The molecule has 0 bridgehead atoms. The molecular weight excluding hydrogens is 206 g/mol. The lowest BCUT2D eigenvalue weighted by Crippen LogP contribution is -2.39. The smallest absolute Gasteiger partial charge is 0.00966 e. The molecule has 0 aromatic rings. The Morgan fingerprint density at radius 2 is 1.47 bits per heavy atom. The summed E-state index contributed by atoms with van der Waals surface area (Å²) in [6.07, 6.45) is 11.2. The van der Waals surface area contributed by atoms with Gasteiger partial charge in [0.05, 0.1) is 0 Å². The Morgan fingerprint density at radius 3 is 2.00 bits per heavy atom. The molecule has 1 atom stereocenters. The summed E-state index contributed by atoms with van der Waals surface area (Å²) >= 11 is 0. The number of hydrogen-bond acceptors (Lipinski definition) is 1. The molecule has 0 heterocycles. The molecule has 0 amide bonds. The third-order valence-corrected chi connectivity index (χ3v) is 3.46. The largest absolute Gasteiger partial charge is 0.312 e. The van der Waals surface area contributed by atoms with E-state index in [4.69, 9.17) is 0 Å². The van der Waals surface area contributed by atoms with Gasteiger partial charge in [-0.1, -0.05) is 58.8 Å². The van der Waals surface area contributed by atoms with Crippen molar-refractivity contribution in [3.63, 3.8) is 0 Å². The third-order valence-electron chi connectivity index (χ3n) is 3.46. The predicted octanol–water partition coefficient (Wildman–Crippen LogP) is 5.15. The van der Waals surface area contributed by atoms with E-state index in [2.05, 4.69) is 39.9 Å². The summed E-state index contributed by atoms with van der Waals surface area (Å²) < 4.78 is 0. The van der Waals surface area contributed by atoms with Crippen LogP contribution in [0.25, 0.3) is 0 Å². The lowest BCUT2D eigenvalue weighted by Gasteiger charge is -2.24. The van der Waals surface area contributed by atoms with Crippen molar-refractivity contribution >= 4 is 0 Å². The molecule has 0 aliphatic carbocycles. The maximum atomic E-state index is 3.63. The molecule has 0 rings (SSSR count). The van der Waals surface area contributed by atoms with E-state index in [0.29, 0.717) is 0 Å². The first kappa shape index (κ1) is 17.0. The van der Waals surface area contributed by atoms with Crippen LogP contribution in [0.5, 0.6) is 0 Å². The fourth-order valence-corrected chi connectivity index (χ4v) is 2.11. The van der Waals surface area contributed by atoms with Crippen molar-refractivity contribution in [1.82, 2.24) is 5.32 Å². The maximum absolute atomic E-state index is 3.63. The monoisotopic (exact) mass is 241 g/mol. The van der Waals surface area contributed by atoms with Crippen LogP contribution in [0, 0.1) is 5.92 Å². The predicted molar refractivity (Wildman–Crippen MR) is 79.5 cm³/mol. The minimum absolute atomic E-state index is 0.272. The molecule has 0 saturated heterocycles. The number of hydrogen-bond donors (Lipinski definition) is 1. The Balaban J connectivity index is 3.48. The summed E-state index contributed by atoms with van der Waals surface area (Å²) in [7, 11) is 0. The first-order valence-electron chi connectivity index (χ1n) is 7.74. The molecule has 0 aliphatic rings. The van der Waals surface area contributed by atoms with Crippen molar-refractivity contribution in [2.75, 3.05) is 6.54 Å². The highest BCUT2D eigenvalue weighted by Crippen LogP contribution is 2.15. The van der Waals surface area contributed by atoms with Crippen LogP contribution >= 0.6 is 0 Å². The summed E-state index contributed by atoms with van der Waals surface area (Å²) in [5.41, 5.74) is 0.272. The number of nitrogens with one attached hydrogen (secondary N) is 1. The topological polar surface area (TPSA) is 12.0 Å². The van der Waals surface area contributed by atoms with Crippen LogP contribution in [0.4, 0.5) is 0 Å². The van der Waals surface area contributed by atoms with Gasteiger partial charge in [-0.15, -0.1) is 0 Å². The quantitative estimate of drug-likeness (QED) is 0.521. The molecule has 0 aromatic carbocycles. The van der Waals surface area contributed by atoms with Gasteiger partial charge in [0.1, 0.15) is 0 Å². The van der Waals surface area contributed by atoms with E-state index in [0.717, 1.165) is 5.92 Å². The number of rotatable bonds is 10. The summed E-state index contributed by atoms with van der Waals surface area (Å²) in [5, 5.41) is 3.63. The van der Waals surface area contributed by atoms with Crippen LogP contribution in [-0.2, 0) is 0 Å². The van der Waals surface area contributed by atoms with Gasteiger partial charge in [-0.2, -0.15) is 0 Å². The van der Waals surface area contributed by atoms with Gasteiger partial charge < -0.3 is 5.32 Å². The SMILES string of the molecule is CCCCCCCCC(CC)CNC(C)(C)C. The van der Waals surface area contributed by atoms with Gasteiger partial charge in [-0.25, -0.2) is 0 Å². The van der Waals surface area contributed by atoms with E-state index in [1.807, 2.05) is 0 Å². The van der Waals surface area contributed by atoms with Crippen molar-refractivity contribution < 1.29 is 0 Å². The van der Waals surface area contributed by atoms with Crippen LogP contribution in [0.2, 0.25) is 0 Å². The minimum atomic E-state index is 0.272. The third kappa shape index (κ3) is 12.2. The molecule has 0 aromatic heterocycles. The Morgan fingerprint density at radius 1 is 0.882 bits per heavy atom. The van der Waals surface area contributed by atoms with E-state index in [1.54, 1.807) is 0 Å². The normalized spacial score (nSPS) is 13.9. The van der Waals surface area contributed by atoms with Crippen LogP contribution in [-0.4, -0.2) is 12.1 Å². The first-order valence-corrected chi connectivity index (χ1v) is 7.74. The molecule has 0 fully saturated rings. The van der Waals surface area contributed by atoms with Crippen molar-refractivity contribution in [1.29, 1.82) is 0 Å². The van der Waals surface area contributed by atoms with Crippen molar-refractivity contribution in [3.8, 4) is 0 Å². The van der Waals surface area contributed by atoms with Gasteiger partial charge in [0.15, 0.2) is 0 Å². The van der Waals surface area contributed by atoms with E-state index in [-0.39, 0.29) is 5.54 Å². The molecule has 0 radical (unpaired) electrons. The first-order chi connectivity index (χ1) is 7.99. The number of unbranched alkanes of at least 4 members (excludes halogenated alkanes) is 5. The molecule has 1 heteroatoms. The average Bonchev–Trinajstić information content (AvgIpc) is 2.26. The Hall–Kier alpha value is -0.0400. The van der Waals surface area contributed by atoms with Gasteiger partial charge in [0.25, 0.3) is 0 Å². The van der Waals surface area contributed by atoms with Gasteiger partial charge in [-0.3, -0.25) is 0 Å². The van der Waals surface area contributed by atoms with Gasteiger partial charge in [0.2, 0.25) is 0 Å². The van der Waals surface area contributed by atoms with E-state index in [9.17, 15) is 0 Å². The molecular formula is C16H35N. The van der Waals surface area contributed by atoms with E-state index < -0.39 is 0 Å². The second-order valence-electron chi connectivity index (χ2n) is 6.46. The Kier molecular flexibility index (Phi) is 9.91. The Labute approximate surface area is 110 Å². The van der Waals surface area contributed by atoms with Crippen LogP contribution in [0.1, 0.15) is 86.0 Å². The van der Waals surface area contributed by atoms with Crippen LogP contribution < -0.4 is 5.32 Å². The molecule has 1 nitrogen and oxygen atoms in total. The van der Waals surface area contributed by atoms with Gasteiger partial charge in [0, 0.05) is 5.54 Å². The zero-order chi connectivity index (χ0) is 13.1. The summed E-state index contributed by atoms with van der Waals surface area (Å²) in [5.74, 6) is 0.875. The zero-order valence-corrected chi connectivity index (χ0v) is 12.9. The second-order valence-corrected chi connectivity index (χ2v) is 6.46. The highest BCUT2D eigenvalue weighted by Gasteiger charge is 2.12. The molecule has 1 unspecified atom stereocenters. The highest BCUT2D eigenvalue weighted by atomic mass is 14.9. The lowest BCUT2D eigenvalue weighted by molar-refractivity contribution is 0.344. The minimum Gasteiger partial charge on any atom is -0.312 e. The zero-order valence-electron chi connectivity index (χ0n) is 12.9.